The number of nitriles is 1. The standard InChI is InChI=1S/C19H10N4O4/c20-11-12-4-3-5-13(10-12)22-9-8-16(21-22)19(26)27-23-17(24)14-6-1-2-7-15(14)18(23)25/h1-10H. The quantitative estimate of drug-likeness (QED) is 0.664. The normalized spacial score (nSPS) is 12.6. The molecule has 3 aromatic rings. The van der Waals surface area contributed by atoms with Gasteiger partial charge in [-0.1, -0.05) is 23.3 Å². The largest absolute Gasteiger partial charge is 0.384 e. The first kappa shape index (κ1) is 16.2. The third-order valence-corrected chi connectivity index (χ3v) is 3.97. The van der Waals surface area contributed by atoms with Crippen LogP contribution in [0.1, 0.15) is 36.8 Å². The van der Waals surface area contributed by atoms with Crippen LogP contribution < -0.4 is 0 Å². The first-order chi connectivity index (χ1) is 13.1. The van der Waals surface area contributed by atoms with E-state index in [2.05, 4.69) is 5.10 Å². The lowest BCUT2D eigenvalue weighted by Crippen LogP contribution is -2.32. The fraction of sp³-hybridized carbons (Fsp3) is 0. The molecule has 2 heterocycles. The number of rotatable bonds is 3. The summed E-state index contributed by atoms with van der Waals surface area (Å²) in [5.74, 6) is -2.35. The van der Waals surface area contributed by atoms with Crippen molar-refractivity contribution in [1.29, 1.82) is 5.26 Å². The van der Waals surface area contributed by atoms with Gasteiger partial charge in [0, 0.05) is 6.20 Å². The Labute approximate surface area is 152 Å². The van der Waals surface area contributed by atoms with E-state index in [1.807, 2.05) is 6.07 Å². The number of benzene rings is 2. The second-order valence-corrected chi connectivity index (χ2v) is 5.64. The molecule has 0 N–H and O–H groups in total. The highest BCUT2D eigenvalue weighted by Crippen LogP contribution is 2.23. The van der Waals surface area contributed by atoms with Gasteiger partial charge in [0.15, 0.2) is 5.69 Å². The molecule has 0 saturated carbocycles. The minimum Gasteiger partial charge on any atom is -0.322 e. The van der Waals surface area contributed by atoms with Crippen LogP contribution >= 0.6 is 0 Å². The Bertz CT molecular complexity index is 1110. The molecular formula is C19H10N4O4. The summed E-state index contributed by atoms with van der Waals surface area (Å²) in [6.45, 7) is 0. The number of hydrogen-bond acceptors (Lipinski definition) is 6. The van der Waals surface area contributed by atoms with Gasteiger partial charge < -0.3 is 4.84 Å². The van der Waals surface area contributed by atoms with E-state index >= 15 is 0 Å². The van der Waals surface area contributed by atoms with E-state index < -0.39 is 17.8 Å². The maximum atomic E-state index is 12.3. The Morgan fingerprint density at radius 1 is 1.00 bits per heavy atom. The van der Waals surface area contributed by atoms with E-state index in [-0.39, 0.29) is 16.8 Å². The number of nitrogens with zero attached hydrogens (tertiary/aromatic N) is 4. The highest BCUT2D eigenvalue weighted by molar-refractivity contribution is 6.21. The van der Waals surface area contributed by atoms with Crippen LogP contribution in [0, 0.1) is 11.3 Å². The average Bonchev–Trinajstić information content (AvgIpc) is 3.29. The van der Waals surface area contributed by atoms with Gasteiger partial charge in [-0.3, -0.25) is 9.59 Å². The number of carbonyl (C=O) groups is 3. The number of fused-ring (bicyclic) bond motifs is 1. The predicted octanol–water partition coefficient (Wildman–Crippen LogP) is 2.11. The van der Waals surface area contributed by atoms with Gasteiger partial charge in [0.2, 0.25) is 0 Å². The van der Waals surface area contributed by atoms with Crippen LogP contribution in [0.15, 0.2) is 60.8 Å². The summed E-state index contributed by atoms with van der Waals surface area (Å²) in [7, 11) is 0. The van der Waals surface area contributed by atoms with Crippen LogP contribution in [0.3, 0.4) is 0 Å². The van der Waals surface area contributed by atoms with Crippen LogP contribution in [-0.2, 0) is 4.84 Å². The minimum absolute atomic E-state index is 0.0890. The number of aromatic nitrogens is 2. The van der Waals surface area contributed by atoms with Crippen molar-refractivity contribution in [2.24, 2.45) is 0 Å². The van der Waals surface area contributed by atoms with E-state index in [4.69, 9.17) is 10.1 Å². The minimum atomic E-state index is -0.945. The van der Waals surface area contributed by atoms with Crippen molar-refractivity contribution in [2.75, 3.05) is 0 Å². The Morgan fingerprint density at radius 3 is 2.37 bits per heavy atom. The molecule has 0 atom stereocenters. The summed E-state index contributed by atoms with van der Waals surface area (Å²) in [5.41, 5.74) is 1.28. The van der Waals surface area contributed by atoms with Crippen LogP contribution in [0.5, 0.6) is 0 Å². The third kappa shape index (κ3) is 2.73. The zero-order valence-corrected chi connectivity index (χ0v) is 13.7. The number of carbonyl (C=O) groups excluding carboxylic acids is 3. The summed E-state index contributed by atoms with van der Waals surface area (Å²) in [6.07, 6.45) is 1.51. The third-order valence-electron chi connectivity index (χ3n) is 3.97. The van der Waals surface area contributed by atoms with Gasteiger partial charge in [0.25, 0.3) is 11.8 Å². The van der Waals surface area contributed by atoms with Gasteiger partial charge >= 0.3 is 5.97 Å². The first-order valence-electron chi connectivity index (χ1n) is 7.85. The highest BCUT2D eigenvalue weighted by atomic mass is 16.7. The number of hydroxylamine groups is 2. The fourth-order valence-electron chi connectivity index (χ4n) is 2.67. The van der Waals surface area contributed by atoms with Crippen LogP contribution in [0.4, 0.5) is 0 Å². The first-order valence-corrected chi connectivity index (χ1v) is 7.85. The van der Waals surface area contributed by atoms with Gasteiger partial charge in [0.05, 0.1) is 28.4 Å². The predicted molar refractivity (Wildman–Crippen MR) is 90.6 cm³/mol. The molecule has 0 saturated heterocycles. The zero-order chi connectivity index (χ0) is 19.0. The maximum absolute atomic E-state index is 12.3. The molecule has 0 unspecified atom stereocenters. The molecular weight excluding hydrogens is 348 g/mol. The Morgan fingerprint density at radius 2 is 1.70 bits per heavy atom. The van der Waals surface area contributed by atoms with Crippen LogP contribution in [0.2, 0.25) is 0 Å². The van der Waals surface area contributed by atoms with Crippen molar-refractivity contribution >= 4 is 17.8 Å². The lowest BCUT2D eigenvalue weighted by Gasteiger charge is -2.11. The summed E-state index contributed by atoms with van der Waals surface area (Å²) >= 11 is 0. The molecule has 1 aliphatic heterocycles. The molecule has 0 spiro atoms. The molecule has 130 valence electrons. The SMILES string of the molecule is N#Cc1cccc(-n2ccc(C(=O)ON3C(=O)c4ccccc4C3=O)n2)c1. The van der Waals surface area contributed by atoms with Crippen LogP contribution in [0.25, 0.3) is 5.69 Å². The Hall–Kier alpha value is -4.25. The topological polar surface area (TPSA) is 105 Å². The molecule has 0 fully saturated rings. The molecule has 0 aliphatic carbocycles. The van der Waals surface area contributed by atoms with E-state index in [1.54, 1.807) is 36.4 Å². The fourth-order valence-corrected chi connectivity index (χ4v) is 2.67. The maximum Gasteiger partial charge on any atom is 0.384 e. The van der Waals surface area contributed by atoms with Crippen molar-refractivity contribution < 1.29 is 19.2 Å². The molecule has 1 aromatic heterocycles. The van der Waals surface area contributed by atoms with Crippen molar-refractivity contribution in [1.82, 2.24) is 14.8 Å². The average molecular weight is 358 g/mol. The lowest BCUT2D eigenvalue weighted by atomic mass is 10.1. The van der Waals surface area contributed by atoms with Gasteiger partial charge in [-0.2, -0.15) is 10.4 Å². The van der Waals surface area contributed by atoms with Gasteiger partial charge in [-0.05, 0) is 36.4 Å². The second-order valence-electron chi connectivity index (χ2n) is 5.64. The smallest absolute Gasteiger partial charge is 0.322 e. The molecule has 8 heteroatoms. The molecule has 27 heavy (non-hydrogen) atoms. The Kier molecular flexibility index (Phi) is 3.75. The van der Waals surface area contributed by atoms with Gasteiger partial charge in [-0.15, -0.1) is 0 Å². The molecule has 0 bridgehead atoms. The summed E-state index contributed by atoms with van der Waals surface area (Å²) in [4.78, 5) is 41.8. The van der Waals surface area contributed by atoms with E-state index in [1.165, 1.54) is 29.1 Å². The van der Waals surface area contributed by atoms with E-state index in [9.17, 15) is 14.4 Å². The van der Waals surface area contributed by atoms with Crippen molar-refractivity contribution in [3.63, 3.8) is 0 Å². The van der Waals surface area contributed by atoms with Crippen molar-refractivity contribution in [2.45, 2.75) is 0 Å². The lowest BCUT2D eigenvalue weighted by molar-refractivity contribution is -0.0588. The van der Waals surface area contributed by atoms with Crippen LogP contribution in [-0.4, -0.2) is 32.6 Å². The molecule has 8 nitrogen and oxygen atoms in total. The summed E-state index contributed by atoms with van der Waals surface area (Å²) in [5, 5.41) is 13.5. The molecule has 0 radical (unpaired) electrons. The van der Waals surface area contributed by atoms with E-state index in [0.717, 1.165) is 0 Å². The molecule has 2 amide bonds. The van der Waals surface area contributed by atoms with E-state index in [0.29, 0.717) is 16.3 Å². The van der Waals surface area contributed by atoms with Crippen molar-refractivity contribution in [3.05, 3.63) is 83.2 Å². The Balaban J connectivity index is 1.55. The number of amides is 2. The summed E-state index contributed by atoms with van der Waals surface area (Å²) < 4.78 is 1.39. The molecule has 2 aromatic carbocycles. The van der Waals surface area contributed by atoms with Gasteiger partial charge in [-0.25, -0.2) is 9.48 Å². The van der Waals surface area contributed by atoms with Crippen molar-refractivity contribution in [3.8, 4) is 11.8 Å². The number of hydrogen-bond donors (Lipinski definition) is 0. The highest BCUT2D eigenvalue weighted by Gasteiger charge is 2.39. The second kappa shape index (κ2) is 6.24. The molecule has 4 rings (SSSR count). The zero-order valence-electron chi connectivity index (χ0n) is 13.7. The molecule has 1 aliphatic rings. The summed E-state index contributed by atoms with van der Waals surface area (Å²) in [6, 6.07) is 16.3. The van der Waals surface area contributed by atoms with Gasteiger partial charge in [0.1, 0.15) is 0 Å². The monoisotopic (exact) mass is 358 g/mol. The number of imide groups is 1.